The van der Waals surface area contributed by atoms with E-state index in [-0.39, 0.29) is 30.0 Å². The van der Waals surface area contributed by atoms with Crippen LogP contribution in [0, 0.1) is 5.82 Å². The van der Waals surface area contributed by atoms with Gasteiger partial charge in [-0.3, -0.25) is 4.79 Å². The molecule has 1 aromatic carbocycles. The molecular formula is C23H29FN4O2. The van der Waals surface area contributed by atoms with E-state index in [2.05, 4.69) is 29.0 Å². The van der Waals surface area contributed by atoms with Gasteiger partial charge in [0.2, 0.25) is 0 Å². The van der Waals surface area contributed by atoms with Crippen molar-refractivity contribution in [2.75, 3.05) is 36.4 Å². The van der Waals surface area contributed by atoms with Crippen LogP contribution in [0.1, 0.15) is 37.0 Å². The van der Waals surface area contributed by atoms with Crippen LogP contribution in [0.3, 0.4) is 0 Å². The van der Waals surface area contributed by atoms with Gasteiger partial charge in [-0.05, 0) is 63.1 Å². The summed E-state index contributed by atoms with van der Waals surface area (Å²) in [6.45, 7) is 7.12. The Labute approximate surface area is 177 Å². The zero-order valence-electron chi connectivity index (χ0n) is 17.6. The molecule has 160 valence electrons. The molecule has 1 N–H and O–H groups in total. The quantitative estimate of drug-likeness (QED) is 0.832. The summed E-state index contributed by atoms with van der Waals surface area (Å²) in [6, 6.07) is 10.5. The van der Waals surface area contributed by atoms with Crippen LogP contribution >= 0.6 is 0 Å². The van der Waals surface area contributed by atoms with Crippen LogP contribution in [0.25, 0.3) is 0 Å². The number of rotatable bonds is 4. The molecule has 6 nitrogen and oxygen atoms in total. The number of carbonyl (C=O) groups is 1. The van der Waals surface area contributed by atoms with Crippen molar-refractivity contribution >= 4 is 17.4 Å². The molecule has 0 aliphatic carbocycles. The van der Waals surface area contributed by atoms with Gasteiger partial charge in [0.15, 0.2) is 0 Å². The van der Waals surface area contributed by atoms with Crippen LogP contribution < -0.4 is 10.2 Å². The van der Waals surface area contributed by atoms with Gasteiger partial charge in [-0.25, -0.2) is 9.37 Å². The lowest BCUT2D eigenvalue weighted by Crippen LogP contribution is -2.46. The van der Waals surface area contributed by atoms with Crippen LogP contribution in [-0.2, 0) is 4.74 Å². The minimum Gasteiger partial charge on any atom is -0.382 e. The molecular weight excluding hydrogens is 383 g/mol. The van der Waals surface area contributed by atoms with Crippen molar-refractivity contribution in [1.29, 1.82) is 0 Å². The van der Waals surface area contributed by atoms with Gasteiger partial charge in [0.1, 0.15) is 11.6 Å². The average Bonchev–Trinajstić information content (AvgIpc) is 2.75. The van der Waals surface area contributed by atoms with E-state index in [9.17, 15) is 9.18 Å². The number of morpholine rings is 1. The number of likely N-dealkylation sites (tertiary alicyclic amines) is 1. The highest BCUT2D eigenvalue weighted by Crippen LogP contribution is 2.21. The lowest BCUT2D eigenvalue weighted by atomic mass is 10.0. The van der Waals surface area contributed by atoms with Crippen LogP contribution in [0.4, 0.5) is 15.9 Å². The zero-order valence-corrected chi connectivity index (χ0v) is 17.6. The lowest BCUT2D eigenvalue weighted by molar-refractivity contribution is -0.00546. The summed E-state index contributed by atoms with van der Waals surface area (Å²) in [6.07, 6.45) is 3.74. The summed E-state index contributed by atoms with van der Waals surface area (Å²) < 4.78 is 18.8. The second-order valence-corrected chi connectivity index (χ2v) is 8.29. The highest BCUT2D eigenvalue weighted by atomic mass is 19.1. The van der Waals surface area contributed by atoms with Crippen LogP contribution in [0.2, 0.25) is 0 Å². The maximum atomic E-state index is 13.0. The van der Waals surface area contributed by atoms with Gasteiger partial charge in [-0.1, -0.05) is 0 Å². The molecule has 3 heterocycles. The molecule has 0 bridgehead atoms. The fraction of sp³-hybridized carbons (Fsp3) is 0.478. The molecule has 2 aliphatic heterocycles. The number of aromatic nitrogens is 1. The minimum atomic E-state index is -0.238. The van der Waals surface area contributed by atoms with E-state index in [0.717, 1.165) is 37.4 Å². The predicted octanol–water partition coefficient (Wildman–Crippen LogP) is 3.55. The molecule has 2 saturated heterocycles. The molecule has 2 fully saturated rings. The topological polar surface area (TPSA) is 57.7 Å². The van der Waals surface area contributed by atoms with E-state index in [1.807, 2.05) is 17.0 Å². The number of pyridine rings is 1. The van der Waals surface area contributed by atoms with Gasteiger partial charge in [0.05, 0.1) is 17.8 Å². The van der Waals surface area contributed by atoms with E-state index >= 15 is 0 Å². The summed E-state index contributed by atoms with van der Waals surface area (Å²) in [5.41, 5.74) is 1.53. The number of piperidine rings is 1. The average molecular weight is 413 g/mol. The molecule has 7 heteroatoms. The van der Waals surface area contributed by atoms with Gasteiger partial charge in [0.25, 0.3) is 5.91 Å². The molecule has 0 spiro atoms. The third-order valence-electron chi connectivity index (χ3n) is 5.74. The Balaban J connectivity index is 1.31. The first kappa shape index (κ1) is 20.6. The largest absolute Gasteiger partial charge is 0.382 e. The van der Waals surface area contributed by atoms with Crippen molar-refractivity contribution in [3.05, 3.63) is 54.0 Å². The van der Waals surface area contributed by atoms with Crippen molar-refractivity contribution in [3.8, 4) is 0 Å². The van der Waals surface area contributed by atoms with Crippen molar-refractivity contribution in [3.63, 3.8) is 0 Å². The molecule has 1 amide bonds. The number of ether oxygens (including phenoxy) is 1. The maximum Gasteiger partial charge on any atom is 0.255 e. The molecule has 1 aromatic heterocycles. The Kier molecular flexibility index (Phi) is 6.18. The van der Waals surface area contributed by atoms with Gasteiger partial charge in [-0.2, -0.15) is 0 Å². The predicted molar refractivity (Wildman–Crippen MR) is 115 cm³/mol. The van der Waals surface area contributed by atoms with Gasteiger partial charge >= 0.3 is 0 Å². The lowest BCUT2D eigenvalue weighted by Gasteiger charge is -2.36. The SMILES string of the molecule is C[C@@H]1CN(c2ccc(C(=O)N3CCC(Nc4ccc(F)cc4)CC3)cn2)C[C@H](C)O1. The second-order valence-electron chi connectivity index (χ2n) is 8.29. The molecule has 2 aliphatic rings. The number of hydrogen-bond donors (Lipinski definition) is 1. The van der Waals surface area contributed by atoms with Crippen molar-refractivity contribution in [1.82, 2.24) is 9.88 Å². The summed E-state index contributed by atoms with van der Waals surface area (Å²) >= 11 is 0. The first-order chi connectivity index (χ1) is 14.5. The summed E-state index contributed by atoms with van der Waals surface area (Å²) in [5, 5.41) is 3.43. The van der Waals surface area contributed by atoms with Crippen LogP contribution in [0.5, 0.6) is 0 Å². The molecule has 2 aromatic rings. The van der Waals surface area contributed by atoms with Gasteiger partial charge in [-0.15, -0.1) is 0 Å². The molecule has 0 unspecified atom stereocenters. The van der Waals surface area contributed by atoms with E-state index in [0.29, 0.717) is 18.7 Å². The number of nitrogens with zero attached hydrogens (tertiary/aromatic N) is 3. The summed E-state index contributed by atoms with van der Waals surface area (Å²) in [5.74, 6) is 0.673. The first-order valence-electron chi connectivity index (χ1n) is 10.7. The number of nitrogens with one attached hydrogen (secondary N) is 1. The fourth-order valence-electron chi connectivity index (χ4n) is 4.26. The van der Waals surface area contributed by atoms with Crippen molar-refractivity contribution < 1.29 is 13.9 Å². The number of anilines is 2. The summed E-state index contributed by atoms with van der Waals surface area (Å²) in [4.78, 5) is 21.5. The molecule has 4 rings (SSSR count). The summed E-state index contributed by atoms with van der Waals surface area (Å²) in [7, 11) is 0. The van der Waals surface area contributed by atoms with E-state index in [1.54, 1.807) is 18.3 Å². The molecule has 2 atom stereocenters. The first-order valence-corrected chi connectivity index (χ1v) is 10.7. The Bertz CT molecular complexity index is 841. The van der Waals surface area contributed by atoms with E-state index in [1.165, 1.54) is 12.1 Å². The van der Waals surface area contributed by atoms with Gasteiger partial charge in [0, 0.05) is 44.1 Å². The molecule has 0 radical (unpaired) electrons. The molecule has 30 heavy (non-hydrogen) atoms. The molecule has 0 saturated carbocycles. The number of hydrogen-bond acceptors (Lipinski definition) is 5. The number of amides is 1. The van der Waals surface area contributed by atoms with Crippen LogP contribution in [-0.4, -0.2) is 60.2 Å². The zero-order chi connectivity index (χ0) is 21.1. The number of carbonyl (C=O) groups excluding carboxylic acids is 1. The van der Waals surface area contributed by atoms with Crippen molar-refractivity contribution in [2.24, 2.45) is 0 Å². The van der Waals surface area contributed by atoms with E-state index in [4.69, 9.17) is 4.74 Å². The normalized spacial score (nSPS) is 22.8. The third-order valence-corrected chi connectivity index (χ3v) is 5.74. The fourth-order valence-corrected chi connectivity index (χ4v) is 4.26. The Morgan fingerprint density at radius 3 is 2.33 bits per heavy atom. The highest BCUT2D eigenvalue weighted by Gasteiger charge is 2.25. The van der Waals surface area contributed by atoms with E-state index < -0.39 is 0 Å². The number of benzene rings is 1. The second kappa shape index (κ2) is 9.00. The maximum absolute atomic E-state index is 13.0. The highest BCUT2D eigenvalue weighted by molar-refractivity contribution is 5.94. The monoisotopic (exact) mass is 412 g/mol. The number of halogens is 1. The van der Waals surface area contributed by atoms with Crippen molar-refractivity contribution in [2.45, 2.75) is 44.9 Å². The Morgan fingerprint density at radius 1 is 1.07 bits per heavy atom. The minimum absolute atomic E-state index is 0.0259. The Morgan fingerprint density at radius 2 is 1.73 bits per heavy atom. The van der Waals surface area contributed by atoms with Crippen LogP contribution in [0.15, 0.2) is 42.6 Å². The third kappa shape index (κ3) is 4.90. The standard InChI is InChI=1S/C23H29FN4O2/c1-16-14-28(15-17(2)30-16)22-8-3-18(13-25-22)23(29)27-11-9-21(10-12-27)26-20-6-4-19(24)5-7-20/h3-8,13,16-17,21,26H,9-12,14-15H2,1-2H3/t16-,17+. The Hall–Kier alpha value is -2.67. The van der Waals surface area contributed by atoms with Gasteiger partial charge < -0.3 is 19.9 Å². The smallest absolute Gasteiger partial charge is 0.255 e.